The highest BCUT2D eigenvalue weighted by atomic mass is 32.2. The third kappa shape index (κ3) is 6.12. The number of aryl methyl sites for hydroxylation is 1. The molecule has 1 aliphatic heterocycles. The fourth-order valence-corrected chi connectivity index (χ4v) is 4.15. The molecule has 6 nitrogen and oxygen atoms in total. The average molecular weight is 389 g/mol. The zero-order valence-corrected chi connectivity index (χ0v) is 16.4. The van der Waals surface area contributed by atoms with Crippen molar-refractivity contribution < 1.29 is 8.42 Å². The summed E-state index contributed by atoms with van der Waals surface area (Å²) in [5.74, 6) is 0.440. The molecule has 1 aliphatic rings. The van der Waals surface area contributed by atoms with Crippen molar-refractivity contribution >= 4 is 10.0 Å². The van der Waals surface area contributed by atoms with Crippen molar-refractivity contribution in [3.63, 3.8) is 0 Å². The van der Waals surface area contributed by atoms with E-state index in [4.69, 9.17) is 0 Å². The topological polar surface area (TPSA) is 82.3 Å². The van der Waals surface area contributed by atoms with Gasteiger partial charge in [-0.1, -0.05) is 60.2 Å². The van der Waals surface area contributed by atoms with Gasteiger partial charge in [-0.2, -0.15) is 0 Å². The van der Waals surface area contributed by atoms with E-state index < -0.39 is 10.0 Å². The normalized spacial score (nSPS) is 20.0. The van der Waals surface area contributed by atoms with E-state index in [2.05, 4.69) is 52.1 Å². The molecule has 1 saturated heterocycles. The van der Waals surface area contributed by atoms with Gasteiger partial charge in [0, 0.05) is 32.1 Å². The Hall–Kier alpha value is -1.77. The largest absolute Gasteiger partial charge is 0.315 e. The van der Waals surface area contributed by atoms with E-state index in [0.717, 1.165) is 18.7 Å². The van der Waals surface area contributed by atoms with Crippen molar-refractivity contribution in [2.45, 2.75) is 19.5 Å². The molecule has 1 fully saturated rings. The molecule has 0 aliphatic carbocycles. The maximum Gasteiger partial charge on any atom is 0.213 e. The van der Waals surface area contributed by atoms with E-state index in [9.17, 15) is 8.42 Å². The maximum atomic E-state index is 12.1. The standard InChI is InChI=1S/C20H28N4O2S/c1-16-7-9-18(10-8-16)20-19(15-22-24-20)14-21-11-12-27(25,26)23-13-17-5-3-2-4-6-17/h2-10,19-24H,11-15H2,1H3. The fraction of sp³-hybridized carbons (Fsp3) is 0.400. The number of hydrogen-bond acceptors (Lipinski definition) is 5. The van der Waals surface area contributed by atoms with Gasteiger partial charge in [0.2, 0.25) is 10.0 Å². The van der Waals surface area contributed by atoms with Crippen LogP contribution in [0.1, 0.15) is 22.7 Å². The Bertz CT molecular complexity index is 810. The lowest BCUT2D eigenvalue weighted by molar-refractivity contribution is 0.447. The predicted octanol–water partition coefficient (Wildman–Crippen LogP) is 1.47. The second-order valence-electron chi connectivity index (χ2n) is 7.00. The summed E-state index contributed by atoms with van der Waals surface area (Å²) in [6.07, 6.45) is 0. The van der Waals surface area contributed by atoms with Crippen molar-refractivity contribution in [1.29, 1.82) is 0 Å². The molecular weight excluding hydrogens is 360 g/mol. The van der Waals surface area contributed by atoms with E-state index in [-0.39, 0.29) is 11.8 Å². The third-order valence-electron chi connectivity index (χ3n) is 4.82. The molecule has 3 rings (SSSR count). The number of hydrogen-bond donors (Lipinski definition) is 4. The van der Waals surface area contributed by atoms with E-state index in [1.54, 1.807) is 0 Å². The molecule has 0 aromatic heterocycles. The van der Waals surface area contributed by atoms with Crippen molar-refractivity contribution in [2.24, 2.45) is 5.92 Å². The van der Waals surface area contributed by atoms with E-state index in [1.165, 1.54) is 11.1 Å². The van der Waals surface area contributed by atoms with Crippen LogP contribution in [0.2, 0.25) is 0 Å². The highest BCUT2D eigenvalue weighted by molar-refractivity contribution is 7.89. The average Bonchev–Trinajstić information content (AvgIpc) is 3.14. The van der Waals surface area contributed by atoms with E-state index in [0.29, 0.717) is 19.0 Å². The van der Waals surface area contributed by atoms with Gasteiger partial charge in [-0.15, -0.1) is 0 Å². The number of rotatable bonds is 9. The first kappa shape index (κ1) is 20.0. The zero-order chi connectivity index (χ0) is 19.1. The van der Waals surface area contributed by atoms with Crippen molar-refractivity contribution in [2.75, 3.05) is 25.4 Å². The van der Waals surface area contributed by atoms with Crippen molar-refractivity contribution in [3.05, 3.63) is 71.3 Å². The quantitative estimate of drug-likeness (QED) is 0.489. The van der Waals surface area contributed by atoms with E-state index >= 15 is 0 Å². The van der Waals surface area contributed by atoms with E-state index in [1.807, 2.05) is 30.3 Å². The summed E-state index contributed by atoms with van der Waals surface area (Å²) in [6, 6.07) is 18.3. The first-order valence-corrected chi connectivity index (χ1v) is 11.0. The van der Waals surface area contributed by atoms with Crippen LogP contribution in [0.5, 0.6) is 0 Å². The monoisotopic (exact) mass is 388 g/mol. The van der Waals surface area contributed by atoms with Crippen LogP contribution in [0.15, 0.2) is 54.6 Å². The fourth-order valence-electron chi connectivity index (χ4n) is 3.21. The second-order valence-corrected chi connectivity index (χ2v) is 8.93. The molecular formula is C20H28N4O2S. The smallest absolute Gasteiger partial charge is 0.213 e. The van der Waals surface area contributed by atoms with Gasteiger partial charge in [0.05, 0.1) is 11.8 Å². The summed E-state index contributed by atoms with van der Waals surface area (Å²) in [5, 5.41) is 3.29. The van der Waals surface area contributed by atoms with Crippen molar-refractivity contribution in [3.8, 4) is 0 Å². The molecule has 2 aromatic rings. The molecule has 0 saturated carbocycles. The van der Waals surface area contributed by atoms with Gasteiger partial charge in [0.25, 0.3) is 0 Å². The van der Waals surface area contributed by atoms with Crippen LogP contribution in [0, 0.1) is 12.8 Å². The lowest BCUT2D eigenvalue weighted by Crippen LogP contribution is -2.35. The van der Waals surface area contributed by atoms with Gasteiger partial charge in [-0.3, -0.25) is 5.43 Å². The molecule has 27 heavy (non-hydrogen) atoms. The molecule has 146 valence electrons. The van der Waals surface area contributed by atoms with Crippen LogP contribution >= 0.6 is 0 Å². The van der Waals surface area contributed by atoms with Crippen LogP contribution in [0.3, 0.4) is 0 Å². The number of sulfonamides is 1. The van der Waals surface area contributed by atoms with Crippen molar-refractivity contribution in [1.82, 2.24) is 20.9 Å². The minimum atomic E-state index is -3.29. The molecule has 0 radical (unpaired) electrons. The molecule has 2 unspecified atom stereocenters. The van der Waals surface area contributed by atoms with Gasteiger partial charge in [-0.05, 0) is 18.1 Å². The van der Waals surface area contributed by atoms with Crippen LogP contribution in [-0.2, 0) is 16.6 Å². The minimum absolute atomic E-state index is 0.0720. The SMILES string of the molecule is Cc1ccc(C2NNCC2CNCCS(=O)(=O)NCc2ccccc2)cc1. The summed E-state index contributed by atoms with van der Waals surface area (Å²) in [4.78, 5) is 0. The highest BCUT2D eigenvalue weighted by Gasteiger charge is 2.27. The molecule has 7 heteroatoms. The molecule has 1 heterocycles. The predicted molar refractivity (Wildman–Crippen MR) is 108 cm³/mol. The first-order chi connectivity index (χ1) is 13.0. The van der Waals surface area contributed by atoms with Crippen LogP contribution in [0.25, 0.3) is 0 Å². The summed E-state index contributed by atoms with van der Waals surface area (Å²) in [5.41, 5.74) is 9.97. The van der Waals surface area contributed by atoms with Gasteiger partial charge in [0.1, 0.15) is 0 Å². The maximum absolute atomic E-state index is 12.1. The molecule has 2 aromatic carbocycles. The van der Waals surface area contributed by atoms with Crippen LogP contribution in [-0.4, -0.2) is 33.8 Å². The summed E-state index contributed by atoms with van der Waals surface area (Å²) < 4.78 is 26.9. The third-order valence-corrected chi connectivity index (χ3v) is 6.15. The molecule has 4 N–H and O–H groups in total. The highest BCUT2D eigenvalue weighted by Crippen LogP contribution is 2.24. The van der Waals surface area contributed by atoms with Crippen LogP contribution in [0.4, 0.5) is 0 Å². The first-order valence-electron chi connectivity index (χ1n) is 9.30. The Balaban J connectivity index is 1.41. The molecule has 0 amide bonds. The van der Waals surface area contributed by atoms with Gasteiger partial charge in [0.15, 0.2) is 0 Å². The Morgan fingerprint density at radius 2 is 1.81 bits per heavy atom. The number of nitrogens with one attached hydrogen (secondary N) is 4. The number of benzene rings is 2. The Morgan fingerprint density at radius 3 is 2.56 bits per heavy atom. The van der Waals surface area contributed by atoms with Gasteiger partial charge in [-0.25, -0.2) is 18.6 Å². The van der Waals surface area contributed by atoms with Crippen LogP contribution < -0.4 is 20.9 Å². The molecule has 0 bridgehead atoms. The molecule has 0 spiro atoms. The Labute approximate surface area is 161 Å². The van der Waals surface area contributed by atoms with Gasteiger partial charge < -0.3 is 5.32 Å². The number of hydrazine groups is 1. The summed E-state index contributed by atoms with van der Waals surface area (Å²) in [6.45, 7) is 4.45. The Morgan fingerprint density at radius 1 is 1.07 bits per heavy atom. The lowest BCUT2D eigenvalue weighted by atomic mass is 9.94. The minimum Gasteiger partial charge on any atom is -0.315 e. The lowest BCUT2D eigenvalue weighted by Gasteiger charge is -2.19. The van der Waals surface area contributed by atoms with Gasteiger partial charge >= 0.3 is 0 Å². The Kier molecular flexibility index (Phi) is 6.98. The molecule has 2 atom stereocenters. The zero-order valence-electron chi connectivity index (χ0n) is 15.6. The summed E-state index contributed by atoms with van der Waals surface area (Å²) >= 11 is 0. The summed E-state index contributed by atoms with van der Waals surface area (Å²) in [7, 11) is -3.29. The second kappa shape index (κ2) is 9.43.